The molecule has 0 amide bonds. The molecule has 1 unspecified atom stereocenters. The number of aryl methyl sites for hydroxylation is 2. The van der Waals surface area contributed by atoms with E-state index in [1.54, 1.807) is 12.1 Å². The second-order valence-corrected chi connectivity index (χ2v) is 4.90. The monoisotopic (exact) mass is 310 g/mol. The lowest BCUT2D eigenvalue weighted by atomic mass is 10.1. The van der Waals surface area contributed by atoms with Gasteiger partial charge in [-0.05, 0) is 32.4 Å². The minimum Gasteiger partial charge on any atom is -0.466 e. The lowest BCUT2D eigenvalue weighted by molar-refractivity contribution is -0.384. The number of nitrogens with one attached hydrogen (secondary N) is 1. The highest BCUT2D eigenvalue weighted by Gasteiger charge is 2.12. The van der Waals surface area contributed by atoms with Crippen LogP contribution in [0.1, 0.15) is 35.6 Å². The van der Waals surface area contributed by atoms with E-state index >= 15 is 0 Å². The van der Waals surface area contributed by atoms with Gasteiger partial charge in [0.15, 0.2) is 0 Å². The molecule has 114 valence electrons. The van der Waals surface area contributed by atoms with E-state index in [-0.39, 0.29) is 29.1 Å². The third-order valence-electron chi connectivity index (χ3n) is 3.28. The van der Waals surface area contributed by atoms with Gasteiger partial charge in [-0.25, -0.2) is 0 Å². The molecule has 1 N–H and O–H groups in total. The Bertz CT molecular complexity index is 625. The summed E-state index contributed by atoms with van der Waals surface area (Å²) in [6.45, 7) is 6.48. The largest absolute Gasteiger partial charge is 0.466 e. The van der Waals surface area contributed by atoms with Crippen LogP contribution >= 0.6 is 12.4 Å². The van der Waals surface area contributed by atoms with Crippen LogP contribution in [-0.2, 0) is 6.54 Å². The van der Waals surface area contributed by atoms with Crippen LogP contribution in [0.5, 0.6) is 0 Å². The number of rotatable bonds is 5. The van der Waals surface area contributed by atoms with Gasteiger partial charge in [-0.2, -0.15) is 0 Å². The van der Waals surface area contributed by atoms with Gasteiger partial charge in [0.05, 0.1) is 4.92 Å². The smallest absolute Gasteiger partial charge is 0.269 e. The van der Waals surface area contributed by atoms with Gasteiger partial charge < -0.3 is 9.73 Å². The molecule has 0 fully saturated rings. The van der Waals surface area contributed by atoms with Gasteiger partial charge in [0, 0.05) is 30.3 Å². The van der Waals surface area contributed by atoms with Gasteiger partial charge in [0.2, 0.25) is 0 Å². The van der Waals surface area contributed by atoms with Crippen LogP contribution in [0.3, 0.4) is 0 Å². The van der Waals surface area contributed by atoms with Crippen molar-refractivity contribution in [1.29, 1.82) is 0 Å². The van der Waals surface area contributed by atoms with Crippen molar-refractivity contribution in [2.24, 2.45) is 0 Å². The first kappa shape index (κ1) is 17.2. The van der Waals surface area contributed by atoms with Crippen molar-refractivity contribution < 1.29 is 9.34 Å². The Morgan fingerprint density at radius 2 is 2.05 bits per heavy atom. The van der Waals surface area contributed by atoms with Gasteiger partial charge in [-0.15, -0.1) is 12.4 Å². The number of nitrogens with zero attached hydrogens (tertiary/aromatic N) is 1. The van der Waals surface area contributed by atoms with Crippen molar-refractivity contribution in [3.05, 3.63) is 63.1 Å². The maximum absolute atomic E-state index is 10.7. The minimum atomic E-state index is -0.378. The lowest BCUT2D eigenvalue weighted by Crippen LogP contribution is -2.18. The molecule has 0 aliphatic heterocycles. The molecule has 21 heavy (non-hydrogen) atoms. The Hall–Kier alpha value is -1.85. The molecule has 0 saturated heterocycles. The molecule has 1 heterocycles. The van der Waals surface area contributed by atoms with Gasteiger partial charge in [-0.3, -0.25) is 10.1 Å². The Morgan fingerprint density at radius 1 is 1.33 bits per heavy atom. The molecule has 0 radical (unpaired) electrons. The van der Waals surface area contributed by atoms with E-state index in [2.05, 4.69) is 12.2 Å². The molecule has 1 aromatic carbocycles. The number of hydrogen-bond donors (Lipinski definition) is 1. The van der Waals surface area contributed by atoms with Crippen LogP contribution in [0.15, 0.2) is 34.7 Å². The Balaban J connectivity index is 0.00000220. The van der Waals surface area contributed by atoms with Crippen molar-refractivity contribution in [1.82, 2.24) is 5.32 Å². The molecule has 1 atom stereocenters. The molecule has 0 aliphatic carbocycles. The van der Waals surface area contributed by atoms with Gasteiger partial charge in [-0.1, -0.05) is 12.1 Å². The zero-order chi connectivity index (χ0) is 14.7. The molecule has 0 saturated carbocycles. The molecule has 0 spiro atoms. The fourth-order valence-corrected chi connectivity index (χ4v) is 2.24. The number of halogens is 1. The maximum atomic E-state index is 10.7. The van der Waals surface area contributed by atoms with Crippen LogP contribution in [0.25, 0.3) is 0 Å². The van der Waals surface area contributed by atoms with Crippen LogP contribution in [0, 0.1) is 24.0 Å². The topological polar surface area (TPSA) is 68.3 Å². The summed E-state index contributed by atoms with van der Waals surface area (Å²) in [5.74, 6) is 1.79. The number of nitro benzene ring substituents is 1. The summed E-state index contributed by atoms with van der Waals surface area (Å²) in [6.07, 6.45) is 0. The summed E-state index contributed by atoms with van der Waals surface area (Å²) in [5.41, 5.74) is 2.13. The van der Waals surface area contributed by atoms with Crippen LogP contribution in [0.2, 0.25) is 0 Å². The highest BCUT2D eigenvalue weighted by molar-refractivity contribution is 5.85. The normalized spacial score (nSPS) is 11.8. The SMILES string of the molecule is Cc1cc(C(C)NCc2cccc([N+](=O)[O-])c2)c(C)o1.Cl. The highest BCUT2D eigenvalue weighted by atomic mass is 35.5. The summed E-state index contributed by atoms with van der Waals surface area (Å²) < 4.78 is 5.51. The van der Waals surface area contributed by atoms with Gasteiger partial charge >= 0.3 is 0 Å². The average Bonchev–Trinajstić information content (AvgIpc) is 2.75. The van der Waals surface area contributed by atoms with E-state index < -0.39 is 0 Å². The van der Waals surface area contributed by atoms with Gasteiger partial charge in [0.25, 0.3) is 5.69 Å². The van der Waals surface area contributed by atoms with E-state index in [0.29, 0.717) is 6.54 Å². The summed E-state index contributed by atoms with van der Waals surface area (Å²) >= 11 is 0. The van der Waals surface area contributed by atoms with Crippen molar-refractivity contribution in [2.45, 2.75) is 33.4 Å². The fraction of sp³-hybridized carbons (Fsp3) is 0.333. The van der Waals surface area contributed by atoms with Crippen molar-refractivity contribution in [3.63, 3.8) is 0 Å². The van der Waals surface area contributed by atoms with E-state index in [0.717, 1.165) is 22.6 Å². The highest BCUT2D eigenvalue weighted by Crippen LogP contribution is 2.22. The first-order valence-electron chi connectivity index (χ1n) is 6.51. The molecular weight excluding hydrogens is 292 g/mol. The second kappa shape index (κ2) is 7.24. The molecule has 0 bridgehead atoms. The number of hydrogen-bond acceptors (Lipinski definition) is 4. The number of non-ortho nitro benzene ring substituents is 1. The van der Waals surface area contributed by atoms with Crippen LogP contribution in [-0.4, -0.2) is 4.92 Å². The molecule has 2 rings (SSSR count). The standard InChI is InChI=1S/C15H18N2O3.ClH/c1-10-7-15(12(3)20-10)11(2)16-9-13-5-4-6-14(8-13)17(18)19;/h4-8,11,16H,9H2,1-3H3;1H. The van der Waals surface area contributed by atoms with Crippen molar-refractivity contribution in [2.75, 3.05) is 0 Å². The number of furan rings is 1. The molecule has 6 heteroatoms. The van der Waals surface area contributed by atoms with E-state index in [1.165, 1.54) is 6.07 Å². The predicted molar refractivity (Wildman–Crippen MR) is 83.8 cm³/mol. The second-order valence-electron chi connectivity index (χ2n) is 4.90. The van der Waals surface area contributed by atoms with Crippen molar-refractivity contribution >= 4 is 18.1 Å². The first-order valence-corrected chi connectivity index (χ1v) is 6.51. The lowest BCUT2D eigenvalue weighted by Gasteiger charge is -2.13. The summed E-state index contributed by atoms with van der Waals surface area (Å²) in [6, 6.07) is 8.81. The van der Waals surface area contributed by atoms with Crippen LogP contribution < -0.4 is 5.32 Å². The molecule has 5 nitrogen and oxygen atoms in total. The zero-order valence-electron chi connectivity index (χ0n) is 12.3. The van der Waals surface area contributed by atoms with Gasteiger partial charge in [0.1, 0.15) is 11.5 Å². The van der Waals surface area contributed by atoms with E-state index in [9.17, 15) is 10.1 Å². The third-order valence-corrected chi connectivity index (χ3v) is 3.28. The summed E-state index contributed by atoms with van der Waals surface area (Å²) in [7, 11) is 0. The third kappa shape index (κ3) is 4.31. The zero-order valence-corrected chi connectivity index (χ0v) is 13.1. The Labute approximate surface area is 129 Å². The average molecular weight is 311 g/mol. The summed E-state index contributed by atoms with van der Waals surface area (Å²) in [4.78, 5) is 10.4. The Morgan fingerprint density at radius 3 is 2.62 bits per heavy atom. The first-order chi connectivity index (χ1) is 9.47. The predicted octanol–water partition coefficient (Wildman–Crippen LogP) is 4.08. The fourth-order valence-electron chi connectivity index (χ4n) is 2.24. The molecule has 2 aromatic rings. The number of nitro groups is 1. The van der Waals surface area contributed by atoms with E-state index in [1.807, 2.05) is 26.0 Å². The summed E-state index contributed by atoms with van der Waals surface area (Å²) in [5, 5.41) is 14.1. The maximum Gasteiger partial charge on any atom is 0.269 e. The number of benzene rings is 1. The van der Waals surface area contributed by atoms with E-state index in [4.69, 9.17) is 4.42 Å². The van der Waals surface area contributed by atoms with Crippen molar-refractivity contribution in [3.8, 4) is 0 Å². The Kier molecular flexibility index (Phi) is 5.93. The molecule has 0 aliphatic rings. The van der Waals surface area contributed by atoms with Crippen LogP contribution in [0.4, 0.5) is 5.69 Å². The minimum absolute atomic E-state index is 0. The molecular formula is C15H19ClN2O3. The molecule has 1 aromatic heterocycles. The quantitative estimate of drug-likeness (QED) is 0.667.